The van der Waals surface area contributed by atoms with Crippen molar-refractivity contribution in [3.63, 3.8) is 0 Å². The van der Waals surface area contributed by atoms with Gasteiger partial charge in [0.1, 0.15) is 0 Å². The third-order valence-corrected chi connectivity index (χ3v) is 5.28. The predicted molar refractivity (Wildman–Crippen MR) is 85.3 cm³/mol. The number of nitrogens with zero attached hydrogens (tertiary/aromatic N) is 2. The molecule has 0 radical (unpaired) electrons. The molecule has 0 amide bonds. The standard InChI is InChI=1S/C16H28ClN3/c1-5-9-18-14-8-7-12(11(14)3)10-15-16(17)13(6-2)19-20(15)4/h11-12,14,18H,5-10H2,1-4H3. The quantitative estimate of drug-likeness (QED) is 0.869. The van der Waals surface area contributed by atoms with Crippen molar-refractivity contribution in [2.75, 3.05) is 6.54 Å². The zero-order chi connectivity index (χ0) is 14.7. The van der Waals surface area contributed by atoms with E-state index in [4.69, 9.17) is 11.6 Å². The van der Waals surface area contributed by atoms with Gasteiger partial charge in [-0.15, -0.1) is 0 Å². The normalized spacial score (nSPS) is 26.4. The lowest BCUT2D eigenvalue weighted by Crippen LogP contribution is -2.33. The van der Waals surface area contributed by atoms with E-state index in [1.807, 2.05) is 11.7 Å². The van der Waals surface area contributed by atoms with Crippen LogP contribution in [0, 0.1) is 11.8 Å². The average Bonchev–Trinajstić information content (AvgIpc) is 2.92. The van der Waals surface area contributed by atoms with Crippen LogP contribution < -0.4 is 5.32 Å². The fraction of sp³-hybridized carbons (Fsp3) is 0.812. The largest absolute Gasteiger partial charge is 0.314 e. The van der Waals surface area contributed by atoms with Crippen LogP contribution in [0.4, 0.5) is 0 Å². The van der Waals surface area contributed by atoms with Gasteiger partial charge in [-0.2, -0.15) is 5.10 Å². The Labute approximate surface area is 128 Å². The molecule has 1 aromatic rings. The Bertz CT molecular complexity index is 441. The third kappa shape index (κ3) is 3.20. The molecule has 0 bridgehead atoms. The van der Waals surface area contributed by atoms with Crippen LogP contribution in [-0.4, -0.2) is 22.4 Å². The molecule has 1 aliphatic carbocycles. The highest BCUT2D eigenvalue weighted by atomic mass is 35.5. The van der Waals surface area contributed by atoms with E-state index in [1.165, 1.54) is 25.0 Å². The number of aromatic nitrogens is 2. The molecule has 0 aliphatic heterocycles. The summed E-state index contributed by atoms with van der Waals surface area (Å²) < 4.78 is 1.99. The topological polar surface area (TPSA) is 29.9 Å². The number of aryl methyl sites for hydroxylation is 2. The van der Waals surface area contributed by atoms with Crippen LogP contribution in [0.1, 0.15) is 51.4 Å². The van der Waals surface area contributed by atoms with Crippen LogP contribution in [0.5, 0.6) is 0 Å². The molecular formula is C16H28ClN3. The van der Waals surface area contributed by atoms with Gasteiger partial charge in [0.05, 0.1) is 16.4 Å². The van der Waals surface area contributed by atoms with E-state index in [2.05, 4.69) is 31.2 Å². The molecule has 3 atom stereocenters. The molecule has 3 unspecified atom stereocenters. The van der Waals surface area contributed by atoms with Gasteiger partial charge in [-0.25, -0.2) is 0 Å². The lowest BCUT2D eigenvalue weighted by molar-refractivity contribution is 0.347. The Morgan fingerprint density at radius 1 is 1.35 bits per heavy atom. The Morgan fingerprint density at radius 2 is 2.10 bits per heavy atom. The van der Waals surface area contributed by atoms with Gasteiger partial charge in [-0.3, -0.25) is 4.68 Å². The number of rotatable bonds is 6. The number of halogens is 1. The first-order valence-electron chi connectivity index (χ1n) is 8.02. The maximum atomic E-state index is 6.48. The van der Waals surface area contributed by atoms with E-state index in [-0.39, 0.29) is 0 Å². The smallest absolute Gasteiger partial charge is 0.0849 e. The van der Waals surface area contributed by atoms with Crippen LogP contribution in [0.15, 0.2) is 0 Å². The summed E-state index contributed by atoms with van der Waals surface area (Å²) in [6.45, 7) is 7.86. The van der Waals surface area contributed by atoms with E-state index < -0.39 is 0 Å². The van der Waals surface area contributed by atoms with Gasteiger partial charge in [0.2, 0.25) is 0 Å². The monoisotopic (exact) mass is 297 g/mol. The highest BCUT2D eigenvalue weighted by molar-refractivity contribution is 6.31. The van der Waals surface area contributed by atoms with E-state index in [0.29, 0.717) is 6.04 Å². The zero-order valence-electron chi connectivity index (χ0n) is 13.2. The lowest BCUT2D eigenvalue weighted by atomic mass is 9.91. The number of hydrogen-bond acceptors (Lipinski definition) is 2. The molecule has 1 aromatic heterocycles. The molecule has 0 aromatic carbocycles. The van der Waals surface area contributed by atoms with Crippen molar-refractivity contribution in [3.05, 3.63) is 16.4 Å². The van der Waals surface area contributed by atoms with Crippen molar-refractivity contribution in [2.24, 2.45) is 18.9 Å². The maximum absolute atomic E-state index is 6.48. The molecule has 1 aliphatic rings. The summed E-state index contributed by atoms with van der Waals surface area (Å²) in [6.07, 6.45) is 5.77. The minimum atomic E-state index is 0.678. The van der Waals surface area contributed by atoms with Crippen molar-refractivity contribution in [3.8, 4) is 0 Å². The van der Waals surface area contributed by atoms with E-state index in [0.717, 1.165) is 41.9 Å². The fourth-order valence-electron chi connectivity index (χ4n) is 3.44. The number of hydrogen-bond donors (Lipinski definition) is 1. The van der Waals surface area contributed by atoms with Crippen LogP contribution in [0.25, 0.3) is 0 Å². The molecule has 1 fully saturated rings. The molecule has 1 heterocycles. The lowest BCUT2D eigenvalue weighted by Gasteiger charge is -2.22. The molecule has 0 saturated heterocycles. The Kier molecular flexibility index (Phi) is 5.50. The molecule has 2 rings (SSSR count). The van der Waals surface area contributed by atoms with Crippen LogP contribution in [0.3, 0.4) is 0 Å². The molecule has 3 nitrogen and oxygen atoms in total. The van der Waals surface area contributed by atoms with E-state index >= 15 is 0 Å². The minimum Gasteiger partial charge on any atom is -0.314 e. The molecule has 4 heteroatoms. The molecular weight excluding hydrogens is 270 g/mol. The highest BCUT2D eigenvalue weighted by Gasteiger charge is 2.33. The first kappa shape index (κ1) is 15.8. The number of nitrogens with one attached hydrogen (secondary N) is 1. The van der Waals surface area contributed by atoms with Crippen molar-refractivity contribution in [1.29, 1.82) is 0 Å². The highest BCUT2D eigenvalue weighted by Crippen LogP contribution is 2.36. The summed E-state index contributed by atoms with van der Waals surface area (Å²) in [5, 5.41) is 9.12. The van der Waals surface area contributed by atoms with Crippen LogP contribution >= 0.6 is 11.6 Å². The van der Waals surface area contributed by atoms with Gasteiger partial charge in [0, 0.05) is 13.1 Å². The summed E-state index contributed by atoms with van der Waals surface area (Å²) >= 11 is 6.48. The summed E-state index contributed by atoms with van der Waals surface area (Å²) in [5.74, 6) is 1.44. The van der Waals surface area contributed by atoms with Gasteiger partial charge >= 0.3 is 0 Å². The maximum Gasteiger partial charge on any atom is 0.0849 e. The molecule has 114 valence electrons. The van der Waals surface area contributed by atoms with Gasteiger partial charge in [-0.05, 0) is 50.5 Å². The second-order valence-corrected chi connectivity index (χ2v) is 6.52. The van der Waals surface area contributed by atoms with Crippen molar-refractivity contribution in [2.45, 2.75) is 58.9 Å². The molecule has 0 spiro atoms. The second-order valence-electron chi connectivity index (χ2n) is 6.15. The minimum absolute atomic E-state index is 0.678. The fourth-order valence-corrected chi connectivity index (χ4v) is 3.81. The summed E-state index contributed by atoms with van der Waals surface area (Å²) in [6, 6.07) is 0.678. The van der Waals surface area contributed by atoms with Gasteiger partial charge < -0.3 is 5.32 Å². The molecule has 1 N–H and O–H groups in total. The van der Waals surface area contributed by atoms with Crippen molar-refractivity contribution in [1.82, 2.24) is 15.1 Å². The van der Waals surface area contributed by atoms with E-state index in [1.54, 1.807) is 0 Å². The summed E-state index contributed by atoms with van der Waals surface area (Å²) in [7, 11) is 2.02. The van der Waals surface area contributed by atoms with Gasteiger partial charge in [-0.1, -0.05) is 32.4 Å². The summed E-state index contributed by atoms with van der Waals surface area (Å²) in [4.78, 5) is 0. The predicted octanol–water partition coefficient (Wildman–Crippen LogP) is 3.59. The Hall–Kier alpha value is -0.540. The van der Waals surface area contributed by atoms with Crippen LogP contribution in [0.2, 0.25) is 5.02 Å². The van der Waals surface area contributed by atoms with Crippen LogP contribution in [-0.2, 0) is 19.9 Å². The SMILES string of the molecule is CCCNC1CCC(Cc2c(Cl)c(CC)nn2C)C1C. The molecule has 1 saturated carbocycles. The summed E-state index contributed by atoms with van der Waals surface area (Å²) in [5.41, 5.74) is 2.26. The second kappa shape index (κ2) is 6.95. The Balaban J connectivity index is 2.02. The van der Waals surface area contributed by atoms with Gasteiger partial charge in [0.15, 0.2) is 0 Å². The average molecular weight is 298 g/mol. The van der Waals surface area contributed by atoms with Crippen molar-refractivity contribution < 1.29 is 0 Å². The third-order valence-electron chi connectivity index (χ3n) is 4.84. The first-order chi connectivity index (χ1) is 9.58. The Morgan fingerprint density at radius 3 is 2.70 bits per heavy atom. The van der Waals surface area contributed by atoms with Crippen molar-refractivity contribution >= 4 is 11.6 Å². The van der Waals surface area contributed by atoms with E-state index in [9.17, 15) is 0 Å². The molecule has 20 heavy (non-hydrogen) atoms. The first-order valence-corrected chi connectivity index (χ1v) is 8.39. The zero-order valence-corrected chi connectivity index (χ0v) is 14.0. The van der Waals surface area contributed by atoms with Gasteiger partial charge in [0.25, 0.3) is 0 Å².